The molecule has 0 spiro atoms. The van der Waals surface area contributed by atoms with Crippen LogP contribution in [0.15, 0.2) is 24.5 Å². The molecule has 1 rings (SSSR count). The van der Waals surface area contributed by atoms with E-state index < -0.39 is 6.10 Å². The Kier molecular flexibility index (Phi) is 4.39. The molecule has 1 aromatic heterocycles. The van der Waals surface area contributed by atoms with Gasteiger partial charge in [-0.25, -0.2) is 0 Å². The maximum atomic E-state index is 8.95. The summed E-state index contributed by atoms with van der Waals surface area (Å²) < 4.78 is 5.12. The molecule has 1 aromatic rings. The lowest BCUT2D eigenvalue weighted by Gasteiger charge is -2.07. The van der Waals surface area contributed by atoms with Crippen LogP contribution in [0, 0.1) is 0 Å². The van der Waals surface area contributed by atoms with Crippen LogP contribution in [0.3, 0.4) is 0 Å². The summed E-state index contributed by atoms with van der Waals surface area (Å²) in [6, 6.07) is 3.71. The van der Waals surface area contributed by atoms with Crippen molar-refractivity contribution >= 4 is 0 Å². The van der Waals surface area contributed by atoms with Gasteiger partial charge in [-0.15, -0.1) is 0 Å². The van der Waals surface area contributed by atoms with Gasteiger partial charge in [0.25, 0.3) is 0 Å². The molecule has 0 amide bonds. The molecule has 1 atom stereocenters. The second kappa shape index (κ2) is 5.64. The third-order valence-electron chi connectivity index (χ3n) is 1.51. The summed E-state index contributed by atoms with van der Waals surface area (Å²) in [6.45, 7) is 0.281. The van der Waals surface area contributed by atoms with Gasteiger partial charge in [0.05, 0.1) is 19.8 Å². The number of ether oxygens (including phenoxy) is 1. The normalized spacial score (nSPS) is 12.8. The summed E-state index contributed by atoms with van der Waals surface area (Å²) in [5.74, 6) is 0. The van der Waals surface area contributed by atoms with Crippen LogP contribution in [0.2, 0.25) is 0 Å². The summed E-state index contributed by atoms with van der Waals surface area (Å²) >= 11 is 0. The number of hydrogen-bond acceptors (Lipinski definition) is 4. The molecule has 1 heterocycles. The number of hydrogen-bond donors (Lipinski definition) is 2. The van der Waals surface area contributed by atoms with Crippen molar-refractivity contribution in [2.24, 2.45) is 0 Å². The van der Waals surface area contributed by atoms with E-state index in [4.69, 9.17) is 14.9 Å². The summed E-state index contributed by atoms with van der Waals surface area (Å²) in [6.07, 6.45) is 2.59. The molecule has 13 heavy (non-hydrogen) atoms. The summed E-state index contributed by atoms with van der Waals surface area (Å²) in [5, 5.41) is 17.4. The molecule has 0 aromatic carbocycles. The van der Waals surface area contributed by atoms with E-state index in [1.165, 1.54) is 0 Å². The Labute approximate surface area is 76.8 Å². The van der Waals surface area contributed by atoms with Gasteiger partial charge in [0.1, 0.15) is 6.10 Å². The van der Waals surface area contributed by atoms with Crippen LogP contribution >= 0.6 is 0 Å². The number of aliphatic hydroxyl groups excluding tert-OH is 2. The Morgan fingerprint density at radius 2 is 2.38 bits per heavy atom. The Morgan fingerprint density at radius 3 is 3.00 bits per heavy atom. The highest BCUT2D eigenvalue weighted by atomic mass is 16.5. The minimum Gasteiger partial charge on any atom is -0.394 e. The van der Waals surface area contributed by atoms with Crippen LogP contribution in [0.25, 0.3) is 0 Å². The average Bonchev–Trinajstić information content (AvgIpc) is 2.19. The Bertz CT molecular complexity index is 228. The molecule has 0 saturated heterocycles. The molecule has 0 saturated carbocycles. The molecule has 4 heteroatoms. The summed E-state index contributed by atoms with van der Waals surface area (Å²) in [7, 11) is 0. The monoisotopic (exact) mass is 183 g/mol. The van der Waals surface area contributed by atoms with Gasteiger partial charge in [0.2, 0.25) is 0 Å². The SMILES string of the molecule is OCC(O)COCc1cccnc1. The first kappa shape index (κ1) is 10.1. The summed E-state index contributed by atoms with van der Waals surface area (Å²) in [4.78, 5) is 3.91. The van der Waals surface area contributed by atoms with Crippen LogP contribution in [-0.4, -0.2) is 34.5 Å². The Hall–Kier alpha value is -0.970. The van der Waals surface area contributed by atoms with Crippen molar-refractivity contribution in [1.29, 1.82) is 0 Å². The van der Waals surface area contributed by atoms with Crippen molar-refractivity contribution in [3.05, 3.63) is 30.1 Å². The predicted molar refractivity (Wildman–Crippen MR) is 47.0 cm³/mol. The molecule has 0 radical (unpaired) electrons. The van der Waals surface area contributed by atoms with Gasteiger partial charge in [-0.05, 0) is 11.6 Å². The van der Waals surface area contributed by atoms with Crippen LogP contribution in [0.5, 0.6) is 0 Å². The van der Waals surface area contributed by atoms with Gasteiger partial charge in [0.15, 0.2) is 0 Å². The number of pyridine rings is 1. The van der Waals surface area contributed by atoms with Crippen molar-refractivity contribution in [2.45, 2.75) is 12.7 Å². The molecule has 0 aliphatic rings. The number of rotatable bonds is 5. The second-order valence-electron chi connectivity index (χ2n) is 2.71. The first-order valence-corrected chi connectivity index (χ1v) is 4.08. The van der Waals surface area contributed by atoms with E-state index in [1.807, 2.05) is 12.1 Å². The van der Waals surface area contributed by atoms with Crippen LogP contribution in [0.4, 0.5) is 0 Å². The molecule has 0 aliphatic carbocycles. The average molecular weight is 183 g/mol. The molecular weight excluding hydrogens is 170 g/mol. The third-order valence-corrected chi connectivity index (χ3v) is 1.51. The van der Waals surface area contributed by atoms with Crippen LogP contribution < -0.4 is 0 Å². The number of nitrogens with zero attached hydrogens (tertiary/aromatic N) is 1. The molecule has 0 bridgehead atoms. The van der Waals surface area contributed by atoms with E-state index in [1.54, 1.807) is 12.4 Å². The second-order valence-corrected chi connectivity index (χ2v) is 2.71. The number of aromatic nitrogens is 1. The third kappa shape index (κ3) is 3.98. The fourth-order valence-corrected chi connectivity index (χ4v) is 0.849. The minimum absolute atomic E-state index is 0.144. The van der Waals surface area contributed by atoms with Crippen molar-refractivity contribution in [2.75, 3.05) is 13.2 Å². The summed E-state index contributed by atoms with van der Waals surface area (Å²) in [5.41, 5.74) is 0.952. The van der Waals surface area contributed by atoms with E-state index in [9.17, 15) is 0 Å². The zero-order valence-electron chi connectivity index (χ0n) is 7.26. The van der Waals surface area contributed by atoms with Crippen molar-refractivity contribution < 1.29 is 14.9 Å². The maximum absolute atomic E-state index is 8.95. The van der Waals surface area contributed by atoms with Gasteiger partial charge in [-0.2, -0.15) is 0 Å². The molecule has 0 aliphatic heterocycles. The predicted octanol–water partition coefficient (Wildman–Crippen LogP) is -0.0486. The Balaban J connectivity index is 2.20. The van der Waals surface area contributed by atoms with Gasteiger partial charge >= 0.3 is 0 Å². The fourth-order valence-electron chi connectivity index (χ4n) is 0.849. The largest absolute Gasteiger partial charge is 0.394 e. The fraction of sp³-hybridized carbons (Fsp3) is 0.444. The van der Waals surface area contributed by atoms with E-state index in [-0.39, 0.29) is 13.2 Å². The van der Waals surface area contributed by atoms with Gasteiger partial charge in [-0.1, -0.05) is 6.07 Å². The first-order chi connectivity index (χ1) is 6.33. The van der Waals surface area contributed by atoms with Crippen LogP contribution in [0.1, 0.15) is 5.56 Å². The smallest absolute Gasteiger partial charge is 0.100 e. The topological polar surface area (TPSA) is 62.6 Å². The number of aliphatic hydroxyl groups is 2. The lowest BCUT2D eigenvalue weighted by atomic mass is 10.3. The van der Waals surface area contributed by atoms with Crippen LogP contribution in [-0.2, 0) is 11.3 Å². The van der Waals surface area contributed by atoms with E-state index >= 15 is 0 Å². The van der Waals surface area contributed by atoms with Crippen molar-refractivity contribution in [3.8, 4) is 0 Å². The standard InChI is InChI=1S/C9H13NO3/c11-5-9(12)7-13-6-8-2-1-3-10-4-8/h1-4,9,11-12H,5-7H2. The van der Waals surface area contributed by atoms with E-state index in [0.29, 0.717) is 6.61 Å². The molecule has 72 valence electrons. The first-order valence-electron chi connectivity index (χ1n) is 4.08. The lowest BCUT2D eigenvalue weighted by Crippen LogP contribution is -2.19. The molecule has 2 N–H and O–H groups in total. The van der Waals surface area contributed by atoms with Gasteiger partial charge in [-0.3, -0.25) is 4.98 Å². The highest BCUT2D eigenvalue weighted by Crippen LogP contribution is 1.98. The van der Waals surface area contributed by atoms with E-state index in [2.05, 4.69) is 4.98 Å². The zero-order valence-corrected chi connectivity index (χ0v) is 7.26. The molecule has 4 nitrogen and oxygen atoms in total. The molecule has 0 fully saturated rings. The lowest BCUT2D eigenvalue weighted by molar-refractivity contribution is -0.0000390. The maximum Gasteiger partial charge on any atom is 0.100 e. The highest BCUT2D eigenvalue weighted by molar-refractivity contribution is 5.06. The quantitative estimate of drug-likeness (QED) is 0.672. The van der Waals surface area contributed by atoms with Gasteiger partial charge < -0.3 is 14.9 Å². The van der Waals surface area contributed by atoms with E-state index in [0.717, 1.165) is 5.56 Å². The van der Waals surface area contributed by atoms with Gasteiger partial charge in [0, 0.05) is 12.4 Å². The Morgan fingerprint density at radius 1 is 1.54 bits per heavy atom. The van der Waals surface area contributed by atoms with Crippen molar-refractivity contribution in [1.82, 2.24) is 4.98 Å². The van der Waals surface area contributed by atoms with Crippen molar-refractivity contribution in [3.63, 3.8) is 0 Å². The minimum atomic E-state index is -0.795. The molecule has 1 unspecified atom stereocenters. The molecular formula is C9H13NO3. The highest BCUT2D eigenvalue weighted by Gasteiger charge is 2.01. The zero-order chi connectivity index (χ0) is 9.52.